The van der Waals surface area contributed by atoms with Crippen LogP contribution in [0.4, 0.5) is 14.9 Å². The van der Waals surface area contributed by atoms with Crippen molar-refractivity contribution in [3.63, 3.8) is 0 Å². The lowest BCUT2D eigenvalue weighted by Gasteiger charge is -2.17. The molecule has 1 unspecified atom stereocenters. The third-order valence-corrected chi connectivity index (χ3v) is 4.92. The molecule has 6 nitrogen and oxygen atoms in total. The molecule has 0 bridgehead atoms. The largest absolute Gasteiger partial charge is 0.487 e. The number of carbonyl (C=O) groups excluding carboxylic acids is 2. The van der Waals surface area contributed by atoms with Crippen LogP contribution in [0.2, 0.25) is 0 Å². The van der Waals surface area contributed by atoms with Crippen LogP contribution in [-0.4, -0.2) is 31.6 Å². The van der Waals surface area contributed by atoms with Crippen LogP contribution in [0.5, 0.6) is 5.06 Å². The van der Waals surface area contributed by atoms with Crippen LogP contribution < -0.4 is 20.7 Å². The Morgan fingerprint density at radius 2 is 2.04 bits per heavy atom. The van der Waals surface area contributed by atoms with E-state index in [4.69, 9.17) is 4.74 Å². The molecular weight excluding hydrogens is 333 g/mol. The summed E-state index contributed by atoms with van der Waals surface area (Å²) in [6.07, 6.45) is 0. The van der Waals surface area contributed by atoms with Gasteiger partial charge in [0.2, 0.25) is 5.91 Å². The summed E-state index contributed by atoms with van der Waals surface area (Å²) in [6.45, 7) is 0.448. The Kier molecular flexibility index (Phi) is 4.66. The van der Waals surface area contributed by atoms with Gasteiger partial charge in [-0.05, 0) is 36.4 Å². The van der Waals surface area contributed by atoms with Crippen molar-refractivity contribution in [2.45, 2.75) is 12.0 Å². The number of nitrogens with one attached hydrogen (secondary N) is 3. The normalized spacial score (nSPS) is 19.7. The Hall–Kier alpha value is -2.61. The van der Waals surface area contributed by atoms with Crippen molar-refractivity contribution in [2.75, 3.05) is 19.0 Å². The molecule has 3 N–H and O–H groups in total. The highest BCUT2D eigenvalue weighted by Gasteiger charge is 2.37. The van der Waals surface area contributed by atoms with Gasteiger partial charge in [0.25, 0.3) is 0 Å². The molecule has 1 aromatic heterocycles. The summed E-state index contributed by atoms with van der Waals surface area (Å²) in [5.74, 6) is -0.783. The zero-order valence-electron chi connectivity index (χ0n) is 12.8. The Balaban J connectivity index is 1.68. The van der Waals surface area contributed by atoms with Gasteiger partial charge in [-0.2, -0.15) is 0 Å². The van der Waals surface area contributed by atoms with Crippen molar-refractivity contribution < 1.29 is 18.7 Å². The molecule has 2 heterocycles. The van der Waals surface area contributed by atoms with Crippen molar-refractivity contribution in [1.29, 1.82) is 0 Å². The Morgan fingerprint density at radius 3 is 2.71 bits per heavy atom. The van der Waals surface area contributed by atoms with Crippen LogP contribution in [0, 0.1) is 5.82 Å². The standard InChI is InChI=1S/C16H16FN3O3S/c1-23-13-7-6-12(24-13)11-8-18-15(21)14(11)20-16(22)19-10-4-2-9(17)3-5-10/h2-7,11,14H,8H2,1H3,(H,18,21)(H2,19,20,22)/t11-,14?/m1/s1. The molecule has 1 aliphatic rings. The molecule has 8 heteroatoms. The van der Waals surface area contributed by atoms with Gasteiger partial charge in [0.1, 0.15) is 11.9 Å². The van der Waals surface area contributed by atoms with Crippen LogP contribution >= 0.6 is 11.3 Å². The fraction of sp³-hybridized carbons (Fsp3) is 0.250. The number of amides is 3. The molecule has 1 aliphatic heterocycles. The monoisotopic (exact) mass is 349 g/mol. The van der Waals surface area contributed by atoms with E-state index in [1.165, 1.54) is 35.6 Å². The maximum Gasteiger partial charge on any atom is 0.319 e. The van der Waals surface area contributed by atoms with E-state index in [1.807, 2.05) is 12.1 Å². The average Bonchev–Trinajstić information content (AvgIpc) is 3.17. The number of thiophene rings is 1. The number of carbonyl (C=O) groups is 2. The van der Waals surface area contributed by atoms with Gasteiger partial charge in [-0.15, -0.1) is 11.3 Å². The van der Waals surface area contributed by atoms with Gasteiger partial charge >= 0.3 is 6.03 Å². The topological polar surface area (TPSA) is 79.5 Å². The van der Waals surface area contributed by atoms with Crippen molar-refractivity contribution in [2.24, 2.45) is 0 Å². The highest BCUT2D eigenvalue weighted by Crippen LogP contribution is 2.33. The Labute approximate surface area is 142 Å². The van der Waals surface area contributed by atoms with Crippen molar-refractivity contribution in [3.05, 3.63) is 47.1 Å². The number of halogens is 1. The summed E-state index contributed by atoms with van der Waals surface area (Å²) in [5.41, 5.74) is 0.446. The summed E-state index contributed by atoms with van der Waals surface area (Å²) in [7, 11) is 1.58. The number of rotatable bonds is 4. The van der Waals surface area contributed by atoms with Gasteiger partial charge in [-0.3, -0.25) is 4.79 Å². The van der Waals surface area contributed by atoms with Crippen LogP contribution in [-0.2, 0) is 4.79 Å². The SMILES string of the molecule is COc1ccc([C@H]2CNC(=O)C2NC(=O)Nc2ccc(F)cc2)s1. The second kappa shape index (κ2) is 6.88. The average molecular weight is 349 g/mol. The van der Waals surface area contributed by atoms with E-state index in [9.17, 15) is 14.0 Å². The summed E-state index contributed by atoms with van der Waals surface area (Å²) >= 11 is 1.44. The van der Waals surface area contributed by atoms with Gasteiger partial charge < -0.3 is 20.7 Å². The smallest absolute Gasteiger partial charge is 0.319 e. The summed E-state index contributed by atoms with van der Waals surface area (Å²) in [6, 6.07) is 7.93. The molecule has 1 fully saturated rings. The number of urea groups is 1. The maximum absolute atomic E-state index is 12.9. The predicted octanol–water partition coefficient (Wildman–Crippen LogP) is 2.30. The van der Waals surface area contributed by atoms with Gasteiger partial charge in [0.15, 0.2) is 5.06 Å². The molecule has 2 atom stereocenters. The number of benzene rings is 1. The fourth-order valence-electron chi connectivity index (χ4n) is 2.54. The highest BCUT2D eigenvalue weighted by atomic mass is 32.1. The molecule has 0 saturated carbocycles. The molecule has 3 rings (SSSR count). The lowest BCUT2D eigenvalue weighted by atomic mass is 10.0. The molecule has 126 valence electrons. The van der Waals surface area contributed by atoms with E-state index in [2.05, 4.69) is 16.0 Å². The minimum Gasteiger partial charge on any atom is -0.487 e. The zero-order chi connectivity index (χ0) is 17.1. The third kappa shape index (κ3) is 3.48. The quantitative estimate of drug-likeness (QED) is 0.792. The Morgan fingerprint density at radius 1 is 1.29 bits per heavy atom. The van der Waals surface area contributed by atoms with E-state index >= 15 is 0 Å². The van der Waals surface area contributed by atoms with Crippen molar-refractivity contribution >= 4 is 29.0 Å². The van der Waals surface area contributed by atoms with Crippen molar-refractivity contribution in [3.8, 4) is 5.06 Å². The van der Waals surface area contributed by atoms with Crippen LogP contribution in [0.3, 0.4) is 0 Å². The summed E-state index contributed by atoms with van der Waals surface area (Å²) < 4.78 is 18.1. The maximum atomic E-state index is 12.9. The third-order valence-electron chi connectivity index (χ3n) is 3.74. The van der Waals surface area contributed by atoms with E-state index < -0.39 is 12.1 Å². The lowest BCUT2D eigenvalue weighted by Crippen LogP contribution is -2.44. The molecular formula is C16H16FN3O3S. The number of ether oxygens (including phenoxy) is 1. The highest BCUT2D eigenvalue weighted by molar-refractivity contribution is 7.13. The number of methoxy groups -OCH3 is 1. The molecule has 0 spiro atoms. The van der Waals surface area contributed by atoms with Gasteiger partial charge in [-0.1, -0.05) is 0 Å². The van der Waals surface area contributed by atoms with E-state index in [0.29, 0.717) is 12.2 Å². The van der Waals surface area contributed by atoms with E-state index in [1.54, 1.807) is 7.11 Å². The number of hydrogen-bond acceptors (Lipinski definition) is 4. The van der Waals surface area contributed by atoms with Crippen molar-refractivity contribution in [1.82, 2.24) is 10.6 Å². The lowest BCUT2D eigenvalue weighted by molar-refractivity contribution is -0.120. The van der Waals surface area contributed by atoms with Crippen LogP contribution in [0.15, 0.2) is 36.4 Å². The first-order valence-corrected chi connectivity index (χ1v) is 8.13. The summed E-state index contributed by atoms with van der Waals surface area (Å²) in [4.78, 5) is 25.1. The predicted molar refractivity (Wildman–Crippen MR) is 89.0 cm³/mol. The fourth-order valence-corrected chi connectivity index (χ4v) is 3.50. The molecule has 24 heavy (non-hydrogen) atoms. The van der Waals surface area contributed by atoms with E-state index in [-0.39, 0.29) is 17.6 Å². The first-order chi connectivity index (χ1) is 11.6. The second-order valence-electron chi connectivity index (χ2n) is 5.30. The molecule has 1 aromatic carbocycles. The first kappa shape index (κ1) is 16.3. The number of hydrogen-bond donors (Lipinski definition) is 3. The van der Waals surface area contributed by atoms with Gasteiger partial charge in [0.05, 0.1) is 7.11 Å². The van der Waals surface area contributed by atoms with Crippen LogP contribution in [0.1, 0.15) is 10.8 Å². The van der Waals surface area contributed by atoms with Gasteiger partial charge in [0, 0.05) is 23.0 Å². The molecule has 0 aliphatic carbocycles. The minimum atomic E-state index is -0.672. The minimum absolute atomic E-state index is 0.162. The number of anilines is 1. The molecule has 1 saturated heterocycles. The van der Waals surface area contributed by atoms with Gasteiger partial charge in [-0.25, -0.2) is 9.18 Å². The first-order valence-electron chi connectivity index (χ1n) is 7.31. The molecule has 3 amide bonds. The Bertz CT molecular complexity index is 747. The second-order valence-corrected chi connectivity index (χ2v) is 6.37. The summed E-state index contributed by atoms with van der Waals surface area (Å²) in [5, 5.41) is 8.77. The zero-order valence-corrected chi connectivity index (χ0v) is 13.7. The van der Waals surface area contributed by atoms with Crippen LogP contribution in [0.25, 0.3) is 0 Å². The van der Waals surface area contributed by atoms with E-state index in [0.717, 1.165) is 9.94 Å². The molecule has 2 aromatic rings. The molecule has 0 radical (unpaired) electrons.